The van der Waals surface area contributed by atoms with Crippen LogP contribution >= 0.6 is 0 Å². The highest BCUT2D eigenvalue weighted by molar-refractivity contribution is 5.85. The molecule has 0 unspecified atom stereocenters. The molecule has 3 N–H and O–H groups in total. The van der Waals surface area contributed by atoms with Gasteiger partial charge in [-0.15, -0.1) is 0 Å². The Hall–Kier alpha value is -4.87. The highest BCUT2D eigenvalue weighted by Crippen LogP contribution is 2.41. The molecule has 17 heteroatoms. The molecule has 5 atom stereocenters. The lowest BCUT2D eigenvalue weighted by Crippen LogP contribution is -2.43. The number of amides is 1. The van der Waals surface area contributed by atoms with Gasteiger partial charge in [0.05, 0.1) is 59.3 Å². The Morgan fingerprint density at radius 2 is 1.07 bits per heavy atom. The van der Waals surface area contributed by atoms with E-state index in [0.29, 0.717) is 29.8 Å². The molecule has 0 aliphatic carbocycles. The van der Waals surface area contributed by atoms with E-state index in [2.05, 4.69) is 5.32 Å². The van der Waals surface area contributed by atoms with Crippen LogP contribution in [0.3, 0.4) is 0 Å². The summed E-state index contributed by atoms with van der Waals surface area (Å²) in [6.07, 6.45) is -19.6. The van der Waals surface area contributed by atoms with Crippen molar-refractivity contribution in [3.8, 4) is 0 Å². The zero-order valence-corrected chi connectivity index (χ0v) is 33.5. The highest BCUT2D eigenvalue weighted by atomic mass is 19.4. The number of nitrogens with two attached hydrogens (primary N) is 1. The number of alkyl halides is 12. The summed E-state index contributed by atoms with van der Waals surface area (Å²) in [6, 6.07) is 20.1. The van der Waals surface area contributed by atoms with Crippen molar-refractivity contribution in [2.45, 2.75) is 94.9 Å². The third-order valence-corrected chi connectivity index (χ3v) is 10.0. The van der Waals surface area contributed by atoms with E-state index in [0.717, 1.165) is 11.1 Å². The smallest absolute Gasteiger partial charge is 0.373 e. The Balaban J connectivity index is 0.000000269. The molecule has 0 bridgehead atoms. The molecule has 1 saturated heterocycles. The molecule has 1 aliphatic heterocycles. The monoisotopic (exact) mass is 876 g/mol. The second kappa shape index (κ2) is 18.6. The van der Waals surface area contributed by atoms with Gasteiger partial charge in [0.25, 0.3) is 0 Å². The van der Waals surface area contributed by atoms with Crippen LogP contribution in [0.25, 0.3) is 0 Å². The topological polar surface area (TPSA) is 73.6 Å². The third-order valence-electron chi connectivity index (χ3n) is 10.0. The van der Waals surface area contributed by atoms with Crippen molar-refractivity contribution in [2.75, 3.05) is 13.2 Å². The molecule has 4 aromatic carbocycles. The molecular formula is C44H44F12N2O3. The van der Waals surface area contributed by atoms with Crippen LogP contribution in [0.2, 0.25) is 0 Å². The first-order valence-electron chi connectivity index (χ1n) is 18.7. The SMILES string of the molecule is CC(C)=C[C@@](C)(CO[C@H](C)c1cc(C(F)(F)F)cc(C(F)(F)F)c1)c1ccccc1.C[C@@H](OC[C@@]1(c2ccccc2)C[C@H](N)C(=O)N1)c1cc(C(F)(F)F)cc(C(F)(F)F)c1. The molecule has 1 amide bonds. The van der Waals surface area contributed by atoms with E-state index in [4.69, 9.17) is 15.2 Å². The van der Waals surface area contributed by atoms with Gasteiger partial charge in [-0.05, 0) is 93.3 Å². The second-order valence-corrected chi connectivity index (χ2v) is 15.3. The molecule has 5 rings (SSSR count). The predicted octanol–water partition coefficient (Wildman–Crippen LogP) is 12.3. The van der Waals surface area contributed by atoms with Crippen molar-refractivity contribution in [2.24, 2.45) is 5.73 Å². The Kier molecular flexibility index (Phi) is 14.9. The summed E-state index contributed by atoms with van der Waals surface area (Å²) in [4.78, 5) is 12.0. The van der Waals surface area contributed by atoms with Gasteiger partial charge in [-0.1, -0.05) is 72.3 Å². The molecule has 1 fully saturated rings. The standard InChI is InChI=1S/C23H24F6O.C21H20F6N2O2/c1-15(2)13-21(4,18-8-6-5-7-9-18)14-30-16(3)17-10-19(22(24,25)26)12-20(11-17)23(27,28)29;1-12(13-7-15(20(22,23)24)9-16(8-13)21(25,26)27)31-11-19(10-17(28)18(30)29-19)14-5-3-2-4-6-14/h5-13,16H,14H2,1-4H3;2-9,12,17H,10-11,28H2,1H3,(H,29,30)/t16-,21+;12-,17+,19-/m11/s1. The second-order valence-electron chi connectivity index (χ2n) is 15.3. The van der Waals surface area contributed by atoms with Gasteiger partial charge in [0.15, 0.2) is 0 Å². The van der Waals surface area contributed by atoms with Gasteiger partial charge >= 0.3 is 24.7 Å². The summed E-state index contributed by atoms with van der Waals surface area (Å²) in [6.45, 7) is 8.43. The Morgan fingerprint density at radius 1 is 0.672 bits per heavy atom. The van der Waals surface area contributed by atoms with Gasteiger partial charge in [0.1, 0.15) is 0 Å². The minimum Gasteiger partial charge on any atom is -0.373 e. The van der Waals surface area contributed by atoms with E-state index in [1.165, 1.54) is 13.8 Å². The average Bonchev–Trinajstić information content (AvgIpc) is 3.48. The normalized spacial score (nSPS) is 19.2. The summed E-state index contributed by atoms with van der Waals surface area (Å²) in [5, 5.41) is 2.76. The fraction of sp³-hybridized carbons (Fsp3) is 0.386. The van der Waals surface area contributed by atoms with E-state index in [9.17, 15) is 57.5 Å². The van der Waals surface area contributed by atoms with E-state index in [-0.39, 0.29) is 42.9 Å². The number of ether oxygens (including phenoxy) is 2. The molecule has 0 radical (unpaired) electrons. The number of rotatable bonds is 11. The molecule has 0 aromatic heterocycles. The quantitative estimate of drug-likeness (QED) is 0.116. The van der Waals surface area contributed by atoms with Gasteiger partial charge in [-0.25, -0.2) is 0 Å². The molecular weight excluding hydrogens is 832 g/mol. The van der Waals surface area contributed by atoms with Gasteiger partial charge in [0.2, 0.25) is 5.91 Å². The van der Waals surface area contributed by atoms with Crippen LogP contribution in [0, 0.1) is 0 Å². The maximum atomic E-state index is 13.1. The van der Waals surface area contributed by atoms with Crippen molar-refractivity contribution in [3.05, 3.63) is 153 Å². The van der Waals surface area contributed by atoms with Crippen LogP contribution in [-0.2, 0) is 49.9 Å². The first-order chi connectivity index (χ1) is 28.0. The average molecular weight is 877 g/mol. The zero-order valence-electron chi connectivity index (χ0n) is 33.5. The van der Waals surface area contributed by atoms with Crippen LogP contribution in [0.15, 0.2) is 109 Å². The molecule has 5 nitrogen and oxygen atoms in total. The minimum absolute atomic E-state index is 0.0674. The summed E-state index contributed by atoms with van der Waals surface area (Å²) < 4.78 is 169. The summed E-state index contributed by atoms with van der Waals surface area (Å²) in [5.74, 6) is -0.418. The molecule has 332 valence electrons. The van der Waals surface area contributed by atoms with Crippen LogP contribution in [-0.4, -0.2) is 25.2 Å². The van der Waals surface area contributed by atoms with Crippen LogP contribution < -0.4 is 11.1 Å². The van der Waals surface area contributed by atoms with E-state index in [1.807, 2.05) is 57.2 Å². The summed E-state index contributed by atoms with van der Waals surface area (Å²) in [5.41, 5.74) is 0.817. The lowest BCUT2D eigenvalue weighted by Gasteiger charge is -2.31. The minimum atomic E-state index is -4.95. The first-order valence-corrected chi connectivity index (χ1v) is 18.7. The third kappa shape index (κ3) is 12.8. The van der Waals surface area contributed by atoms with Crippen LogP contribution in [0.1, 0.15) is 97.8 Å². The molecule has 61 heavy (non-hydrogen) atoms. The van der Waals surface area contributed by atoms with Crippen molar-refractivity contribution in [1.82, 2.24) is 5.32 Å². The van der Waals surface area contributed by atoms with Gasteiger partial charge in [-0.2, -0.15) is 52.7 Å². The van der Waals surface area contributed by atoms with Crippen molar-refractivity contribution >= 4 is 5.91 Å². The number of nitrogens with one attached hydrogen (secondary N) is 1. The van der Waals surface area contributed by atoms with E-state index < -0.39 is 82.1 Å². The van der Waals surface area contributed by atoms with Gasteiger partial charge in [-0.3, -0.25) is 4.79 Å². The number of benzene rings is 4. The van der Waals surface area contributed by atoms with Crippen molar-refractivity contribution < 1.29 is 67.0 Å². The van der Waals surface area contributed by atoms with Crippen LogP contribution in [0.5, 0.6) is 0 Å². The molecule has 1 aliphatic rings. The summed E-state index contributed by atoms with van der Waals surface area (Å²) in [7, 11) is 0. The fourth-order valence-corrected chi connectivity index (χ4v) is 6.82. The van der Waals surface area contributed by atoms with Crippen molar-refractivity contribution in [3.63, 3.8) is 0 Å². The predicted molar refractivity (Wildman–Crippen MR) is 204 cm³/mol. The summed E-state index contributed by atoms with van der Waals surface area (Å²) >= 11 is 0. The molecule has 1 heterocycles. The molecule has 0 spiro atoms. The first kappa shape index (κ1) is 48.8. The Labute approximate surface area is 344 Å². The molecule has 0 saturated carbocycles. The van der Waals surface area contributed by atoms with Crippen LogP contribution in [0.4, 0.5) is 52.7 Å². The maximum absolute atomic E-state index is 13.1. The van der Waals surface area contributed by atoms with Crippen molar-refractivity contribution in [1.29, 1.82) is 0 Å². The van der Waals surface area contributed by atoms with E-state index >= 15 is 0 Å². The fourth-order valence-electron chi connectivity index (χ4n) is 6.82. The number of carbonyl (C=O) groups is 1. The zero-order chi connectivity index (χ0) is 45.8. The van der Waals surface area contributed by atoms with E-state index in [1.54, 1.807) is 30.3 Å². The Morgan fingerprint density at radius 3 is 1.43 bits per heavy atom. The Bertz CT molecular complexity index is 2070. The number of carbonyl (C=O) groups excluding carboxylic acids is 1. The number of hydrogen-bond donors (Lipinski definition) is 2. The molecule has 4 aromatic rings. The maximum Gasteiger partial charge on any atom is 0.416 e. The number of allylic oxidation sites excluding steroid dienone is 1. The largest absolute Gasteiger partial charge is 0.416 e. The number of halogens is 12. The van der Waals surface area contributed by atoms with Gasteiger partial charge < -0.3 is 20.5 Å². The highest BCUT2D eigenvalue weighted by Gasteiger charge is 2.45. The lowest BCUT2D eigenvalue weighted by atomic mass is 9.82. The van der Waals surface area contributed by atoms with Gasteiger partial charge in [0, 0.05) is 11.8 Å². The number of hydrogen-bond acceptors (Lipinski definition) is 4. The lowest BCUT2D eigenvalue weighted by molar-refractivity contribution is -0.144.